The van der Waals surface area contributed by atoms with Crippen LogP contribution in [0.15, 0.2) is 24.3 Å². The van der Waals surface area contributed by atoms with Crippen LogP contribution in [0.1, 0.15) is 35.0 Å². The van der Waals surface area contributed by atoms with Crippen LogP contribution in [0.5, 0.6) is 11.5 Å². The van der Waals surface area contributed by atoms with Gasteiger partial charge in [-0.2, -0.15) is 0 Å². The second kappa shape index (κ2) is 8.03. The Kier molecular flexibility index (Phi) is 5.55. The maximum atomic E-state index is 11.9. The maximum Gasteiger partial charge on any atom is 0.271 e. The summed E-state index contributed by atoms with van der Waals surface area (Å²) in [5, 5.41) is 11.1. The van der Waals surface area contributed by atoms with Crippen molar-refractivity contribution < 1.29 is 14.3 Å². The highest BCUT2D eigenvalue weighted by molar-refractivity contribution is 5.92. The fourth-order valence-electron chi connectivity index (χ4n) is 3.02. The van der Waals surface area contributed by atoms with Gasteiger partial charge in [0.1, 0.15) is 0 Å². The number of fused-ring (bicyclic) bond motifs is 1. The van der Waals surface area contributed by atoms with Crippen molar-refractivity contribution in [2.24, 2.45) is 0 Å². The van der Waals surface area contributed by atoms with E-state index in [-0.39, 0.29) is 5.91 Å². The van der Waals surface area contributed by atoms with E-state index >= 15 is 0 Å². The van der Waals surface area contributed by atoms with Gasteiger partial charge in [-0.25, -0.2) is 0 Å². The highest BCUT2D eigenvalue weighted by Gasteiger charge is 2.21. The minimum atomic E-state index is -0.188. The molecule has 7 nitrogen and oxygen atoms in total. The normalized spacial score (nSPS) is 13.1. The van der Waals surface area contributed by atoms with Crippen molar-refractivity contribution in [1.29, 1.82) is 0 Å². The van der Waals surface area contributed by atoms with E-state index in [2.05, 4.69) is 20.4 Å². The summed E-state index contributed by atoms with van der Waals surface area (Å²) in [5.41, 5.74) is 2.77. The number of ether oxygens (including phenoxy) is 2. The van der Waals surface area contributed by atoms with Gasteiger partial charge < -0.3 is 19.7 Å². The molecule has 0 unspecified atom stereocenters. The quantitative estimate of drug-likeness (QED) is 0.855. The first-order valence-electron chi connectivity index (χ1n) is 8.77. The summed E-state index contributed by atoms with van der Waals surface area (Å²) in [6, 6.07) is 7.62. The number of anilines is 1. The molecule has 1 aliphatic heterocycles. The molecule has 1 aromatic carbocycles. The molecule has 138 valence electrons. The standard InChI is InChI=1S/C19H24N4O3/c1-4-8-20-19(24)15-5-6-18(22-21-15)23-9-7-13-10-16(25-2)17(26-3)11-14(13)12-23/h5-6,10-11H,4,7-9,12H2,1-3H3,(H,20,24). The smallest absolute Gasteiger partial charge is 0.271 e. The first kappa shape index (κ1) is 18.0. The van der Waals surface area contributed by atoms with E-state index in [9.17, 15) is 4.79 Å². The number of rotatable bonds is 6. The van der Waals surface area contributed by atoms with E-state index in [4.69, 9.17) is 9.47 Å². The molecule has 26 heavy (non-hydrogen) atoms. The lowest BCUT2D eigenvalue weighted by Crippen LogP contribution is -2.31. The number of methoxy groups -OCH3 is 2. The van der Waals surface area contributed by atoms with Crippen molar-refractivity contribution in [3.05, 3.63) is 41.1 Å². The van der Waals surface area contributed by atoms with Gasteiger partial charge in [0, 0.05) is 19.6 Å². The number of nitrogens with one attached hydrogen (secondary N) is 1. The highest BCUT2D eigenvalue weighted by atomic mass is 16.5. The SMILES string of the molecule is CCCNC(=O)c1ccc(N2CCc3cc(OC)c(OC)cc3C2)nn1. The monoisotopic (exact) mass is 356 g/mol. The molecule has 3 rings (SSSR count). The molecule has 1 amide bonds. The molecule has 0 saturated heterocycles. The molecule has 1 aromatic heterocycles. The molecule has 0 bridgehead atoms. The van der Waals surface area contributed by atoms with Crippen LogP contribution < -0.4 is 19.7 Å². The Labute approximate surface area is 153 Å². The Bertz CT molecular complexity index is 777. The molecule has 0 saturated carbocycles. The lowest BCUT2D eigenvalue weighted by atomic mass is 9.99. The van der Waals surface area contributed by atoms with Gasteiger partial charge in [0.05, 0.1) is 14.2 Å². The Morgan fingerprint density at radius 2 is 1.88 bits per heavy atom. The molecule has 2 heterocycles. The lowest BCUT2D eigenvalue weighted by molar-refractivity contribution is 0.0947. The number of amides is 1. The Morgan fingerprint density at radius 3 is 2.50 bits per heavy atom. The summed E-state index contributed by atoms with van der Waals surface area (Å²) in [4.78, 5) is 14.1. The van der Waals surface area contributed by atoms with Gasteiger partial charge in [-0.1, -0.05) is 6.92 Å². The van der Waals surface area contributed by atoms with Gasteiger partial charge in [-0.15, -0.1) is 10.2 Å². The summed E-state index contributed by atoms with van der Waals surface area (Å²) in [6.07, 6.45) is 1.77. The van der Waals surface area contributed by atoms with E-state index in [1.807, 2.05) is 25.1 Å². The maximum absolute atomic E-state index is 11.9. The van der Waals surface area contributed by atoms with Crippen molar-refractivity contribution in [1.82, 2.24) is 15.5 Å². The number of carbonyl (C=O) groups is 1. The topological polar surface area (TPSA) is 76.6 Å². The molecule has 1 aliphatic rings. The predicted octanol–water partition coefficient (Wildman–Crippen LogP) is 2.20. The molecule has 7 heteroatoms. The zero-order chi connectivity index (χ0) is 18.5. The second-order valence-electron chi connectivity index (χ2n) is 6.18. The van der Waals surface area contributed by atoms with Crippen LogP contribution in [0.4, 0.5) is 5.82 Å². The van der Waals surface area contributed by atoms with Crippen molar-refractivity contribution >= 4 is 11.7 Å². The first-order valence-corrected chi connectivity index (χ1v) is 8.77. The average Bonchev–Trinajstić information content (AvgIpc) is 2.70. The summed E-state index contributed by atoms with van der Waals surface area (Å²) >= 11 is 0. The highest BCUT2D eigenvalue weighted by Crippen LogP contribution is 2.34. The zero-order valence-electron chi connectivity index (χ0n) is 15.4. The van der Waals surface area contributed by atoms with Crippen LogP contribution in [0.3, 0.4) is 0 Å². The van der Waals surface area contributed by atoms with Crippen LogP contribution in [-0.4, -0.2) is 43.4 Å². The van der Waals surface area contributed by atoms with Gasteiger partial charge >= 0.3 is 0 Å². The largest absolute Gasteiger partial charge is 0.493 e. The van der Waals surface area contributed by atoms with Crippen molar-refractivity contribution in [2.45, 2.75) is 26.3 Å². The van der Waals surface area contributed by atoms with E-state index in [1.54, 1.807) is 20.3 Å². The third kappa shape index (κ3) is 3.71. The van der Waals surface area contributed by atoms with E-state index in [0.29, 0.717) is 18.8 Å². The molecule has 2 aromatic rings. The number of hydrogen-bond acceptors (Lipinski definition) is 6. The molecular weight excluding hydrogens is 332 g/mol. The third-order valence-corrected chi connectivity index (χ3v) is 4.46. The Balaban J connectivity index is 1.75. The minimum absolute atomic E-state index is 0.188. The fourth-order valence-corrected chi connectivity index (χ4v) is 3.02. The molecule has 1 N–H and O–H groups in total. The first-order chi connectivity index (χ1) is 12.7. The predicted molar refractivity (Wildman–Crippen MR) is 99.0 cm³/mol. The second-order valence-corrected chi connectivity index (χ2v) is 6.18. The van der Waals surface area contributed by atoms with Crippen LogP contribution in [0, 0.1) is 0 Å². The number of nitrogens with zero attached hydrogens (tertiary/aromatic N) is 3. The Hall–Kier alpha value is -2.83. The number of hydrogen-bond donors (Lipinski definition) is 1. The van der Waals surface area contributed by atoms with Crippen molar-refractivity contribution in [3.8, 4) is 11.5 Å². The number of benzene rings is 1. The number of aromatic nitrogens is 2. The summed E-state index contributed by atoms with van der Waals surface area (Å²) in [7, 11) is 3.28. The summed E-state index contributed by atoms with van der Waals surface area (Å²) < 4.78 is 10.8. The van der Waals surface area contributed by atoms with Gasteiger partial charge in [-0.3, -0.25) is 4.79 Å². The summed E-state index contributed by atoms with van der Waals surface area (Å²) in [5.74, 6) is 2.05. The average molecular weight is 356 g/mol. The van der Waals surface area contributed by atoms with Crippen LogP contribution in [0.25, 0.3) is 0 Å². The van der Waals surface area contributed by atoms with Crippen molar-refractivity contribution in [2.75, 3.05) is 32.2 Å². The van der Waals surface area contributed by atoms with Gasteiger partial charge in [0.15, 0.2) is 23.0 Å². The van der Waals surface area contributed by atoms with Crippen LogP contribution >= 0.6 is 0 Å². The molecule has 0 radical (unpaired) electrons. The van der Waals surface area contributed by atoms with Gasteiger partial charge in [0.2, 0.25) is 0 Å². The zero-order valence-corrected chi connectivity index (χ0v) is 15.4. The Morgan fingerprint density at radius 1 is 1.15 bits per heavy atom. The van der Waals surface area contributed by atoms with E-state index in [0.717, 1.165) is 36.7 Å². The fraction of sp³-hybridized carbons (Fsp3) is 0.421. The molecule has 0 fully saturated rings. The molecule has 0 spiro atoms. The van der Waals surface area contributed by atoms with Crippen LogP contribution in [-0.2, 0) is 13.0 Å². The minimum Gasteiger partial charge on any atom is -0.493 e. The van der Waals surface area contributed by atoms with Crippen LogP contribution in [0.2, 0.25) is 0 Å². The van der Waals surface area contributed by atoms with E-state index in [1.165, 1.54) is 11.1 Å². The van der Waals surface area contributed by atoms with Gasteiger partial charge in [0.25, 0.3) is 5.91 Å². The molecular formula is C19H24N4O3. The van der Waals surface area contributed by atoms with Crippen molar-refractivity contribution in [3.63, 3.8) is 0 Å². The lowest BCUT2D eigenvalue weighted by Gasteiger charge is -2.30. The third-order valence-electron chi connectivity index (χ3n) is 4.46. The molecule has 0 atom stereocenters. The number of carbonyl (C=O) groups excluding carboxylic acids is 1. The van der Waals surface area contributed by atoms with E-state index < -0.39 is 0 Å². The van der Waals surface area contributed by atoms with Gasteiger partial charge in [-0.05, 0) is 48.2 Å². The molecule has 0 aliphatic carbocycles. The summed E-state index contributed by atoms with van der Waals surface area (Å²) in [6.45, 7) is 4.19.